The van der Waals surface area contributed by atoms with Gasteiger partial charge in [0.15, 0.2) is 5.70 Å². The van der Waals surface area contributed by atoms with Gasteiger partial charge in [0, 0.05) is 23.6 Å². The van der Waals surface area contributed by atoms with Crippen LogP contribution in [0.25, 0.3) is 0 Å². The molecule has 0 heterocycles. The number of hydrogen-bond donors (Lipinski definition) is 2. The highest BCUT2D eigenvalue weighted by atomic mass is 16.3. The molecule has 2 aromatic rings. The average molecular weight is 305 g/mol. The van der Waals surface area contributed by atoms with Crippen molar-refractivity contribution < 1.29 is 10.2 Å². The molecule has 2 N–H and O–H groups in total. The molecule has 2 rings (SSSR count). The molecule has 0 radical (unpaired) electrons. The molecule has 0 saturated carbocycles. The van der Waals surface area contributed by atoms with Gasteiger partial charge in [-0.15, -0.1) is 0 Å². The van der Waals surface area contributed by atoms with Crippen molar-refractivity contribution >= 4 is 12.4 Å². The van der Waals surface area contributed by atoms with Crippen molar-refractivity contribution in [2.75, 3.05) is 0 Å². The zero-order valence-electron chi connectivity index (χ0n) is 12.5. The van der Waals surface area contributed by atoms with Gasteiger partial charge in [0.05, 0.1) is 5.70 Å². The van der Waals surface area contributed by atoms with E-state index in [4.69, 9.17) is 0 Å². The van der Waals surface area contributed by atoms with Gasteiger partial charge in [0.1, 0.15) is 17.6 Å². The lowest BCUT2D eigenvalue weighted by Gasteiger charge is -1.99. The SMILES string of the molecule is CC(/N=C/c1ccccc1O)=C(C#N)/N=C/c1ccccc1O. The standard InChI is InChI=1S/C18H15N3O2/c1-13(20-11-14-6-2-4-8-17(14)22)16(10-19)21-12-15-7-3-5-9-18(15)23/h2-9,11-12,22-23H,1H3/b16-13-,20-11+,21-12+. The Bertz CT molecular complexity index is 830. The molecular weight excluding hydrogens is 290 g/mol. The highest BCUT2D eigenvalue weighted by molar-refractivity contribution is 5.85. The third-order valence-corrected chi connectivity index (χ3v) is 3.05. The van der Waals surface area contributed by atoms with E-state index in [9.17, 15) is 15.5 Å². The summed E-state index contributed by atoms with van der Waals surface area (Å²) in [5, 5.41) is 28.5. The summed E-state index contributed by atoms with van der Waals surface area (Å²) in [6.45, 7) is 1.65. The monoisotopic (exact) mass is 305 g/mol. The van der Waals surface area contributed by atoms with Crippen LogP contribution in [0.5, 0.6) is 11.5 Å². The number of aliphatic imine (C=N–C) groups is 2. The van der Waals surface area contributed by atoms with Crippen molar-refractivity contribution in [2.24, 2.45) is 9.98 Å². The third kappa shape index (κ3) is 4.29. The van der Waals surface area contributed by atoms with Gasteiger partial charge in [-0.3, -0.25) is 4.99 Å². The molecule has 0 saturated heterocycles. The first kappa shape index (κ1) is 16.0. The Balaban J connectivity index is 2.25. The summed E-state index contributed by atoms with van der Waals surface area (Å²) in [7, 11) is 0. The molecular formula is C18H15N3O2. The minimum Gasteiger partial charge on any atom is -0.507 e. The van der Waals surface area contributed by atoms with E-state index in [1.54, 1.807) is 55.5 Å². The molecule has 0 spiro atoms. The summed E-state index contributed by atoms with van der Waals surface area (Å²) in [5.74, 6) is 0.198. The molecule has 23 heavy (non-hydrogen) atoms. The Morgan fingerprint density at radius 3 is 1.87 bits per heavy atom. The predicted molar refractivity (Wildman–Crippen MR) is 89.7 cm³/mol. The maximum Gasteiger partial charge on any atom is 0.161 e. The number of benzene rings is 2. The number of phenolic OH excluding ortho intramolecular Hbond substituents is 2. The first-order chi connectivity index (χ1) is 11.1. The van der Waals surface area contributed by atoms with Gasteiger partial charge in [-0.1, -0.05) is 24.3 Å². The topological polar surface area (TPSA) is 89.0 Å². The van der Waals surface area contributed by atoms with Crippen molar-refractivity contribution in [3.63, 3.8) is 0 Å². The third-order valence-electron chi connectivity index (χ3n) is 3.05. The van der Waals surface area contributed by atoms with Crippen LogP contribution in [-0.4, -0.2) is 22.6 Å². The zero-order valence-corrected chi connectivity index (χ0v) is 12.5. The number of nitrogens with zero attached hydrogens (tertiary/aromatic N) is 3. The highest BCUT2D eigenvalue weighted by Crippen LogP contribution is 2.16. The van der Waals surface area contributed by atoms with E-state index in [0.717, 1.165) is 0 Å². The molecule has 0 aliphatic heterocycles. The predicted octanol–water partition coefficient (Wildman–Crippen LogP) is 3.39. The summed E-state index contributed by atoms with van der Waals surface area (Å²) in [6, 6.07) is 15.4. The minimum atomic E-state index is 0.0869. The summed E-state index contributed by atoms with van der Waals surface area (Å²) in [6.07, 6.45) is 2.88. The summed E-state index contributed by atoms with van der Waals surface area (Å²) in [4.78, 5) is 8.22. The fourth-order valence-corrected chi connectivity index (χ4v) is 1.76. The summed E-state index contributed by atoms with van der Waals surface area (Å²) < 4.78 is 0. The van der Waals surface area contributed by atoms with Crippen LogP contribution in [0.15, 0.2) is 69.9 Å². The van der Waals surface area contributed by atoms with Crippen LogP contribution in [0.1, 0.15) is 18.1 Å². The van der Waals surface area contributed by atoms with Crippen molar-refractivity contribution in [1.29, 1.82) is 5.26 Å². The van der Waals surface area contributed by atoms with Gasteiger partial charge in [-0.05, 0) is 31.2 Å². The maximum atomic E-state index is 9.67. The van der Waals surface area contributed by atoms with Crippen LogP contribution in [0, 0.1) is 11.3 Å². The second-order valence-electron chi connectivity index (χ2n) is 4.68. The van der Waals surface area contributed by atoms with E-state index >= 15 is 0 Å². The van der Waals surface area contributed by atoms with E-state index in [1.807, 2.05) is 6.07 Å². The maximum absolute atomic E-state index is 9.67. The Morgan fingerprint density at radius 2 is 1.39 bits per heavy atom. The molecule has 5 heteroatoms. The number of aromatic hydroxyl groups is 2. The van der Waals surface area contributed by atoms with Gasteiger partial charge in [0.25, 0.3) is 0 Å². The van der Waals surface area contributed by atoms with Crippen LogP contribution in [0.2, 0.25) is 0 Å². The Labute approximate surface area is 134 Å². The fourth-order valence-electron chi connectivity index (χ4n) is 1.76. The molecule has 0 bridgehead atoms. The molecule has 0 unspecified atom stereocenters. The van der Waals surface area contributed by atoms with Crippen LogP contribution < -0.4 is 0 Å². The van der Waals surface area contributed by atoms with Gasteiger partial charge < -0.3 is 10.2 Å². The zero-order chi connectivity index (χ0) is 16.7. The second kappa shape index (κ2) is 7.57. The number of rotatable bonds is 4. The number of allylic oxidation sites excluding steroid dienone is 2. The van der Waals surface area contributed by atoms with Crippen molar-refractivity contribution in [1.82, 2.24) is 0 Å². The summed E-state index contributed by atoms with van der Waals surface area (Å²) in [5.41, 5.74) is 1.59. The Kier molecular flexibility index (Phi) is 5.26. The minimum absolute atomic E-state index is 0.0869. The van der Waals surface area contributed by atoms with Gasteiger partial charge in [0.2, 0.25) is 0 Å². The van der Waals surface area contributed by atoms with Crippen LogP contribution >= 0.6 is 0 Å². The molecule has 0 aromatic heterocycles. The van der Waals surface area contributed by atoms with Crippen LogP contribution in [-0.2, 0) is 0 Å². The van der Waals surface area contributed by atoms with E-state index in [2.05, 4.69) is 9.98 Å². The van der Waals surface area contributed by atoms with E-state index in [1.165, 1.54) is 12.4 Å². The molecule has 0 aliphatic rings. The lowest BCUT2D eigenvalue weighted by atomic mass is 10.2. The molecule has 0 aliphatic carbocycles. The summed E-state index contributed by atoms with van der Waals surface area (Å²) >= 11 is 0. The van der Waals surface area contributed by atoms with Crippen molar-refractivity contribution in [3.05, 3.63) is 71.1 Å². The van der Waals surface area contributed by atoms with Gasteiger partial charge >= 0.3 is 0 Å². The smallest absolute Gasteiger partial charge is 0.161 e. The van der Waals surface area contributed by atoms with Crippen LogP contribution in [0.3, 0.4) is 0 Å². The largest absolute Gasteiger partial charge is 0.507 e. The number of para-hydroxylation sites is 2. The van der Waals surface area contributed by atoms with Gasteiger partial charge in [-0.2, -0.15) is 5.26 Å². The molecule has 0 atom stereocenters. The lowest BCUT2D eigenvalue weighted by Crippen LogP contribution is -1.87. The number of phenols is 2. The van der Waals surface area contributed by atoms with Crippen molar-refractivity contribution in [2.45, 2.75) is 6.92 Å². The Morgan fingerprint density at radius 1 is 0.913 bits per heavy atom. The second-order valence-corrected chi connectivity index (χ2v) is 4.68. The number of hydrogen-bond acceptors (Lipinski definition) is 5. The van der Waals surface area contributed by atoms with Crippen molar-refractivity contribution in [3.8, 4) is 17.6 Å². The lowest BCUT2D eigenvalue weighted by molar-refractivity contribution is 0.474. The molecule has 0 amide bonds. The number of nitriles is 1. The molecule has 0 fully saturated rings. The molecule has 114 valence electrons. The van der Waals surface area contributed by atoms with E-state index in [-0.39, 0.29) is 17.2 Å². The Hall–Kier alpha value is -3.39. The van der Waals surface area contributed by atoms with E-state index < -0.39 is 0 Å². The fraction of sp³-hybridized carbons (Fsp3) is 0.0556. The first-order valence-corrected chi connectivity index (χ1v) is 6.87. The molecule has 2 aromatic carbocycles. The van der Waals surface area contributed by atoms with Crippen LogP contribution in [0.4, 0.5) is 0 Å². The first-order valence-electron chi connectivity index (χ1n) is 6.87. The quantitative estimate of drug-likeness (QED) is 0.670. The van der Waals surface area contributed by atoms with Gasteiger partial charge in [-0.25, -0.2) is 4.99 Å². The van der Waals surface area contributed by atoms with E-state index in [0.29, 0.717) is 16.8 Å². The highest BCUT2D eigenvalue weighted by Gasteiger charge is 2.01. The normalized spacial score (nSPS) is 12.3. The average Bonchev–Trinajstić information content (AvgIpc) is 2.56. The molecule has 5 nitrogen and oxygen atoms in total.